The molecular formula is C15H19N5O. The molecule has 3 heterocycles. The average molecular weight is 285 g/mol. The van der Waals surface area contributed by atoms with Crippen molar-refractivity contribution in [3.63, 3.8) is 0 Å². The van der Waals surface area contributed by atoms with E-state index in [1.165, 1.54) is 0 Å². The number of aromatic nitrogens is 4. The third kappa shape index (κ3) is 3.26. The van der Waals surface area contributed by atoms with Crippen molar-refractivity contribution in [3.8, 4) is 0 Å². The quantitative estimate of drug-likeness (QED) is 0.849. The lowest BCUT2D eigenvalue weighted by atomic mass is 9.97. The van der Waals surface area contributed by atoms with Crippen LogP contribution >= 0.6 is 0 Å². The van der Waals surface area contributed by atoms with Crippen LogP contribution in [0, 0.1) is 12.8 Å². The molecule has 2 aromatic heterocycles. The van der Waals surface area contributed by atoms with Crippen LogP contribution in [0.2, 0.25) is 0 Å². The number of hydrogen-bond donors (Lipinski definition) is 0. The SMILES string of the molecule is Cc1ccc(=O)n(CC2CCN(c3ccncn3)CC2)n1. The molecule has 0 spiro atoms. The van der Waals surface area contributed by atoms with Crippen LogP contribution < -0.4 is 10.5 Å². The minimum atomic E-state index is -0.0150. The van der Waals surface area contributed by atoms with Crippen molar-refractivity contribution in [3.05, 3.63) is 46.8 Å². The fourth-order valence-corrected chi connectivity index (χ4v) is 2.74. The van der Waals surface area contributed by atoms with Crippen molar-refractivity contribution >= 4 is 5.82 Å². The number of nitrogens with zero attached hydrogens (tertiary/aromatic N) is 5. The van der Waals surface area contributed by atoms with Gasteiger partial charge in [-0.3, -0.25) is 4.79 Å². The van der Waals surface area contributed by atoms with Gasteiger partial charge in [-0.1, -0.05) is 0 Å². The molecule has 1 aliphatic heterocycles. The number of hydrogen-bond acceptors (Lipinski definition) is 5. The lowest BCUT2D eigenvalue weighted by molar-refractivity contribution is 0.333. The van der Waals surface area contributed by atoms with Gasteiger partial charge in [0, 0.05) is 31.9 Å². The van der Waals surface area contributed by atoms with Crippen molar-refractivity contribution in [2.24, 2.45) is 5.92 Å². The molecule has 0 saturated carbocycles. The summed E-state index contributed by atoms with van der Waals surface area (Å²) in [5, 5.41) is 4.31. The van der Waals surface area contributed by atoms with Crippen LogP contribution in [0.5, 0.6) is 0 Å². The van der Waals surface area contributed by atoms with Gasteiger partial charge in [-0.2, -0.15) is 5.10 Å². The van der Waals surface area contributed by atoms with Gasteiger partial charge in [0.2, 0.25) is 0 Å². The van der Waals surface area contributed by atoms with Gasteiger partial charge in [0.25, 0.3) is 5.56 Å². The van der Waals surface area contributed by atoms with Gasteiger partial charge in [-0.25, -0.2) is 14.6 Å². The fourth-order valence-electron chi connectivity index (χ4n) is 2.74. The number of piperidine rings is 1. The maximum Gasteiger partial charge on any atom is 0.266 e. The average Bonchev–Trinajstić information content (AvgIpc) is 2.53. The Bertz CT molecular complexity index is 647. The summed E-state index contributed by atoms with van der Waals surface area (Å²) < 4.78 is 1.60. The lowest BCUT2D eigenvalue weighted by Gasteiger charge is -2.32. The third-order valence-corrected chi connectivity index (χ3v) is 3.94. The van der Waals surface area contributed by atoms with E-state index in [1.807, 2.05) is 13.0 Å². The normalized spacial score (nSPS) is 16.1. The van der Waals surface area contributed by atoms with Gasteiger partial charge in [-0.05, 0) is 37.8 Å². The van der Waals surface area contributed by atoms with Crippen molar-refractivity contribution in [1.82, 2.24) is 19.7 Å². The molecule has 21 heavy (non-hydrogen) atoms. The number of anilines is 1. The molecule has 0 aromatic carbocycles. The van der Waals surface area contributed by atoms with E-state index in [-0.39, 0.29) is 5.56 Å². The topological polar surface area (TPSA) is 63.9 Å². The van der Waals surface area contributed by atoms with Crippen LogP contribution in [-0.2, 0) is 6.54 Å². The molecular weight excluding hydrogens is 266 g/mol. The van der Waals surface area contributed by atoms with E-state index in [4.69, 9.17) is 0 Å². The molecule has 0 radical (unpaired) electrons. The molecule has 6 heteroatoms. The maximum atomic E-state index is 11.8. The van der Waals surface area contributed by atoms with E-state index in [0.717, 1.165) is 37.4 Å². The molecule has 1 saturated heterocycles. The summed E-state index contributed by atoms with van der Waals surface area (Å²) in [6.07, 6.45) is 5.44. The van der Waals surface area contributed by atoms with Crippen LogP contribution in [0.4, 0.5) is 5.82 Å². The first-order valence-electron chi connectivity index (χ1n) is 7.28. The van der Waals surface area contributed by atoms with E-state index < -0.39 is 0 Å². The smallest absolute Gasteiger partial charge is 0.266 e. The van der Waals surface area contributed by atoms with Crippen LogP contribution in [0.15, 0.2) is 35.5 Å². The summed E-state index contributed by atoms with van der Waals surface area (Å²) >= 11 is 0. The molecule has 2 aromatic rings. The highest BCUT2D eigenvalue weighted by Crippen LogP contribution is 2.21. The second-order valence-corrected chi connectivity index (χ2v) is 5.49. The molecule has 0 atom stereocenters. The van der Waals surface area contributed by atoms with Crippen molar-refractivity contribution in [2.75, 3.05) is 18.0 Å². The zero-order valence-corrected chi connectivity index (χ0v) is 12.1. The Hall–Kier alpha value is -2.24. The highest BCUT2D eigenvalue weighted by atomic mass is 16.1. The minimum Gasteiger partial charge on any atom is -0.357 e. The second-order valence-electron chi connectivity index (χ2n) is 5.49. The molecule has 1 fully saturated rings. The Labute approximate surface area is 123 Å². The van der Waals surface area contributed by atoms with Crippen molar-refractivity contribution < 1.29 is 0 Å². The lowest BCUT2D eigenvalue weighted by Crippen LogP contribution is -2.37. The number of rotatable bonds is 3. The molecule has 0 N–H and O–H groups in total. The first-order valence-corrected chi connectivity index (χ1v) is 7.28. The van der Waals surface area contributed by atoms with Gasteiger partial charge in [0.15, 0.2) is 0 Å². The molecule has 0 aliphatic carbocycles. The predicted octanol–water partition coefficient (Wildman–Crippen LogP) is 1.26. The molecule has 6 nitrogen and oxygen atoms in total. The molecule has 0 amide bonds. The highest BCUT2D eigenvalue weighted by Gasteiger charge is 2.21. The van der Waals surface area contributed by atoms with E-state index in [2.05, 4.69) is 20.0 Å². The maximum absolute atomic E-state index is 11.8. The van der Waals surface area contributed by atoms with Gasteiger partial charge < -0.3 is 4.90 Å². The fraction of sp³-hybridized carbons (Fsp3) is 0.467. The highest BCUT2D eigenvalue weighted by molar-refractivity contribution is 5.36. The van der Waals surface area contributed by atoms with E-state index in [9.17, 15) is 4.79 Å². The minimum absolute atomic E-state index is 0.0150. The third-order valence-electron chi connectivity index (χ3n) is 3.94. The van der Waals surface area contributed by atoms with E-state index in [0.29, 0.717) is 12.5 Å². The second kappa shape index (κ2) is 6.03. The summed E-state index contributed by atoms with van der Waals surface area (Å²) in [4.78, 5) is 22.3. The Morgan fingerprint density at radius 1 is 1.24 bits per heavy atom. The Morgan fingerprint density at radius 3 is 2.76 bits per heavy atom. The summed E-state index contributed by atoms with van der Waals surface area (Å²) in [5.41, 5.74) is 0.867. The Kier molecular flexibility index (Phi) is 3.94. The summed E-state index contributed by atoms with van der Waals surface area (Å²) in [6, 6.07) is 5.29. The summed E-state index contributed by atoms with van der Waals surface area (Å²) in [5.74, 6) is 1.48. The Balaban J connectivity index is 1.61. The van der Waals surface area contributed by atoms with Gasteiger partial charge in [-0.15, -0.1) is 0 Å². The van der Waals surface area contributed by atoms with Gasteiger partial charge in [0.1, 0.15) is 12.1 Å². The first kappa shape index (κ1) is 13.7. The molecule has 0 unspecified atom stereocenters. The standard InChI is InChI=1S/C15H19N5O/c1-12-2-3-15(21)20(18-12)10-13-5-8-19(9-6-13)14-4-7-16-11-17-14/h2-4,7,11,13H,5-6,8-10H2,1H3. The molecule has 1 aliphatic rings. The monoisotopic (exact) mass is 285 g/mol. The molecule has 3 rings (SSSR count). The van der Waals surface area contributed by atoms with Crippen molar-refractivity contribution in [1.29, 1.82) is 0 Å². The molecule has 0 bridgehead atoms. The summed E-state index contributed by atoms with van der Waals surface area (Å²) in [6.45, 7) is 4.54. The van der Waals surface area contributed by atoms with Crippen LogP contribution in [0.25, 0.3) is 0 Å². The zero-order chi connectivity index (χ0) is 14.7. The zero-order valence-electron chi connectivity index (χ0n) is 12.1. The molecule has 110 valence electrons. The van der Waals surface area contributed by atoms with Crippen LogP contribution in [-0.4, -0.2) is 32.8 Å². The van der Waals surface area contributed by atoms with Gasteiger partial charge in [0.05, 0.1) is 5.69 Å². The summed E-state index contributed by atoms with van der Waals surface area (Å²) in [7, 11) is 0. The van der Waals surface area contributed by atoms with E-state index >= 15 is 0 Å². The van der Waals surface area contributed by atoms with E-state index in [1.54, 1.807) is 29.3 Å². The number of aryl methyl sites for hydroxylation is 1. The van der Waals surface area contributed by atoms with Crippen LogP contribution in [0.1, 0.15) is 18.5 Å². The Morgan fingerprint density at radius 2 is 2.05 bits per heavy atom. The van der Waals surface area contributed by atoms with Crippen LogP contribution in [0.3, 0.4) is 0 Å². The first-order chi connectivity index (χ1) is 10.2. The predicted molar refractivity (Wildman–Crippen MR) is 80.2 cm³/mol. The van der Waals surface area contributed by atoms with Crippen molar-refractivity contribution in [2.45, 2.75) is 26.3 Å². The van der Waals surface area contributed by atoms with Gasteiger partial charge >= 0.3 is 0 Å². The largest absolute Gasteiger partial charge is 0.357 e.